The van der Waals surface area contributed by atoms with E-state index in [0.29, 0.717) is 0 Å². The summed E-state index contributed by atoms with van der Waals surface area (Å²) in [4.78, 5) is 18.1. The molecule has 0 saturated carbocycles. The highest BCUT2D eigenvalue weighted by Crippen LogP contribution is 2.37. The fraction of sp³-hybridized carbons (Fsp3) is 0.471. The number of likely N-dealkylation sites (N-methyl/N-ethyl adjacent to an activating group) is 1. The van der Waals surface area contributed by atoms with E-state index in [-0.39, 0.29) is 11.8 Å². The molecular formula is C17H21ClN2O. The zero-order valence-electron chi connectivity index (χ0n) is 12.6. The van der Waals surface area contributed by atoms with Crippen LogP contribution in [0, 0.1) is 0 Å². The van der Waals surface area contributed by atoms with Crippen molar-refractivity contribution in [3.63, 3.8) is 0 Å². The number of hydrogen-bond acceptors (Lipinski definition) is 1. The highest BCUT2D eigenvalue weighted by molar-refractivity contribution is 6.31. The lowest BCUT2D eigenvalue weighted by Crippen LogP contribution is -2.36. The molecule has 0 radical (unpaired) electrons. The van der Waals surface area contributed by atoms with Crippen LogP contribution >= 0.6 is 11.6 Å². The highest BCUT2D eigenvalue weighted by atomic mass is 35.5. The Morgan fingerprint density at radius 3 is 2.86 bits per heavy atom. The van der Waals surface area contributed by atoms with Crippen LogP contribution in [-0.2, 0) is 11.2 Å². The van der Waals surface area contributed by atoms with Crippen molar-refractivity contribution in [1.82, 2.24) is 9.88 Å². The summed E-state index contributed by atoms with van der Waals surface area (Å²) in [5.41, 5.74) is 3.48. The molecule has 1 aromatic carbocycles. The molecule has 1 aromatic heterocycles. The molecule has 1 aliphatic rings. The Hall–Kier alpha value is -1.48. The van der Waals surface area contributed by atoms with Crippen LogP contribution in [-0.4, -0.2) is 28.9 Å². The van der Waals surface area contributed by atoms with Crippen LogP contribution in [0.25, 0.3) is 10.9 Å². The van der Waals surface area contributed by atoms with Gasteiger partial charge in [0.25, 0.3) is 0 Å². The van der Waals surface area contributed by atoms with Crippen LogP contribution < -0.4 is 0 Å². The Kier molecular flexibility index (Phi) is 3.94. The molecule has 0 spiro atoms. The number of amides is 1. The molecule has 1 N–H and O–H groups in total. The van der Waals surface area contributed by atoms with E-state index in [2.05, 4.69) is 4.98 Å². The summed E-state index contributed by atoms with van der Waals surface area (Å²) in [6.45, 7) is 5.62. The van der Waals surface area contributed by atoms with E-state index in [1.54, 1.807) is 0 Å². The Labute approximate surface area is 130 Å². The van der Waals surface area contributed by atoms with Gasteiger partial charge in [-0.2, -0.15) is 0 Å². The van der Waals surface area contributed by atoms with Crippen LogP contribution in [0.2, 0.25) is 5.02 Å². The maximum atomic E-state index is 12.7. The number of rotatable bonds is 3. The molecule has 112 valence electrons. The standard InChI is InChI=1S/C17H21ClN2O/c1-3-20(4-2)17(21)13-7-5-6-12-14-10-11(18)8-9-15(14)19-16(12)13/h8-10,13,19H,3-7H2,1-2H3/t13-/m0/s1. The van der Waals surface area contributed by atoms with Crippen molar-refractivity contribution in [1.29, 1.82) is 0 Å². The topological polar surface area (TPSA) is 36.1 Å². The number of nitrogens with zero attached hydrogens (tertiary/aromatic N) is 1. The first kappa shape index (κ1) is 14.5. The average molecular weight is 305 g/mol. The highest BCUT2D eigenvalue weighted by Gasteiger charge is 2.31. The summed E-state index contributed by atoms with van der Waals surface area (Å²) >= 11 is 6.12. The molecule has 0 bridgehead atoms. The molecule has 3 rings (SSSR count). The summed E-state index contributed by atoms with van der Waals surface area (Å²) in [6, 6.07) is 5.92. The Morgan fingerprint density at radius 2 is 2.14 bits per heavy atom. The summed E-state index contributed by atoms with van der Waals surface area (Å²) < 4.78 is 0. The van der Waals surface area contributed by atoms with Crippen molar-refractivity contribution < 1.29 is 4.79 Å². The lowest BCUT2D eigenvalue weighted by molar-refractivity contribution is -0.132. The molecule has 0 fully saturated rings. The number of benzene rings is 1. The Bertz CT molecular complexity index is 673. The first-order chi connectivity index (χ1) is 10.2. The van der Waals surface area contributed by atoms with E-state index in [0.717, 1.165) is 48.6 Å². The molecule has 21 heavy (non-hydrogen) atoms. The van der Waals surface area contributed by atoms with E-state index in [1.807, 2.05) is 36.9 Å². The van der Waals surface area contributed by atoms with Crippen molar-refractivity contribution in [3.8, 4) is 0 Å². The minimum atomic E-state index is -0.0279. The monoisotopic (exact) mass is 304 g/mol. The number of hydrogen-bond donors (Lipinski definition) is 1. The molecule has 0 aliphatic heterocycles. The maximum Gasteiger partial charge on any atom is 0.231 e. The number of H-pyrrole nitrogens is 1. The third kappa shape index (κ3) is 2.44. The summed E-state index contributed by atoms with van der Waals surface area (Å²) in [7, 11) is 0. The van der Waals surface area contributed by atoms with E-state index >= 15 is 0 Å². The quantitative estimate of drug-likeness (QED) is 0.910. The number of aromatic nitrogens is 1. The number of fused-ring (bicyclic) bond motifs is 3. The van der Waals surface area contributed by atoms with Crippen molar-refractivity contribution in [3.05, 3.63) is 34.5 Å². The van der Waals surface area contributed by atoms with Crippen molar-refractivity contribution >= 4 is 28.4 Å². The van der Waals surface area contributed by atoms with Gasteiger partial charge in [0.15, 0.2) is 0 Å². The second-order valence-electron chi connectivity index (χ2n) is 5.66. The smallest absolute Gasteiger partial charge is 0.231 e. The molecule has 4 heteroatoms. The normalized spacial score (nSPS) is 17.8. The largest absolute Gasteiger partial charge is 0.357 e. The van der Waals surface area contributed by atoms with Crippen LogP contribution in [0.3, 0.4) is 0 Å². The van der Waals surface area contributed by atoms with E-state index in [4.69, 9.17) is 11.6 Å². The second kappa shape index (κ2) is 5.72. The van der Waals surface area contributed by atoms with Gasteiger partial charge in [0.05, 0.1) is 5.92 Å². The third-order valence-corrected chi connectivity index (χ3v) is 4.78. The molecule has 1 aliphatic carbocycles. The number of carbonyl (C=O) groups is 1. The van der Waals surface area contributed by atoms with Crippen molar-refractivity contribution in [2.75, 3.05) is 13.1 Å². The fourth-order valence-electron chi connectivity index (χ4n) is 3.44. The number of carbonyl (C=O) groups excluding carboxylic acids is 1. The van der Waals surface area contributed by atoms with Gasteiger partial charge in [0.2, 0.25) is 5.91 Å². The van der Waals surface area contributed by atoms with Crippen LogP contribution in [0.5, 0.6) is 0 Å². The first-order valence-corrected chi connectivity index (χ1v) is 8.12. The van der Waals surface area contributed by atoms with E-state index in [9.17, 15) is 4.79 Å². The van der Waals surface area contributed by atoms with Gasteiger partial charge in [-0.25, -0.2) is 0 Å². The van der Waals surface area contributed by atoms with Gasteiger partial charge in [-0.3, -0.25) is 4.79 Å². The molecule has 0 unspecified atom stereocenters. The lowest BCUT2D eigenvalue weighted by atomic mass is 9.86. The van der Waals surface area contributed by atoms with E-state index in [1.165, 1.54) is 10.9 Å². The van der Waals surface area contributed by atoms with Crippen LogP contribution in [0.4, 0.5) is 0 Å². The zero-order valence-corrected chi connectivity index (χ0v) is 13.3. The van der Waals surface area contributed by atoms with Gasteiger partial charge in [-0.05, 0) is 56.9 Å². The minimum absolute atomic E-state index is 0.0279. The number of aromatic amines is 1. The first-order valence-electron chi connectivity index (χ1n) is 7.74. The van der Waals surface area contributed by atoms with E-state index < -0.39 is 0 Å². The predicted molar refractivity (Wildman–Crippen MR) is 86.9 cm³/mol. The SMILES string of the molecule is CCN(CC)C(=O)[C@H]1CCCc2c1[nH]c1ccc(Cl)cc21. The molecular weight excluding hydrogens is 284 g/mol. The lowest BCUT2D eigenvalue weighted by Gasteiger charge is -2.28. The zero-order chi connectivity index (χ0) is 15.0. The molecule has 1 heterocycles. The number of aryl methyl sites for hydroxylation is 1. The van der Waals surface area contributed by atoms with Gasteiger partial charge in [-0.1, -0.05) is 11.6 Å². The summed E-state index contributed by atoms with van der Waals surface area (Å²) in [6.07, 6.45) is 3.02. The fourth-order valence-corrected chi connectivity index (χ4v) is 3.61. The number of nitrogens with one attached hydrogen (secondary N) is 1. The maximum absolute atomic E-state index is 12.7. The van der Waals surface area contributed by atoms with Gasteiger partial charge in [0, 0.05) is 34.7 Å². The minimum Gasteiger partial charge on any atom is -0.357 e. The number of halogens is 1. The van der Waals surface area contributed by atoms with Gasteiger partial charge < -0.3 is 9.88 Å². The molecule has 1 amide bonds. The Morgan fingerprint density at radius 1 is 1.38 bits per heavy atom. The molecule has 3 nitrogen and oxygen atoms in total. The molecule has 2 aromatic rings. The third-order valence-electron chi connectivity index (χ3n) is 4.54. The van der Waals surface area contributed by atoms with Crippen LogP contribution in [0.15, 0.2) is 18.2 Å². The van der Waals surface area contributed by atoms with Crippen LogP contribution in [0.1, 0.15) is 43.9 Å². The average Bonchev–Trinajstić information content (AvgIpc) is 2.86. The predicted octanol–water partition coefficient (Wildman–Crippen LogP) is 4.11. The molecule has 0 saturated heterocycles. The van der Waals surface area contributed by atoms with Gasteiger partial charge in [0.1, 0.15) is 0 Å². The summed E-state index contributed by atoms with van der Waals surface area (Å²) in [5.74, 6) is 0.221. The summed E-state index contributed by atoms with van der Waals surface area (Å²) in [5, 5.41) is 1.93. The second-order valence-corrected chi connectivity index (χ2v) is 6.10. The van der Waals surface area contributed by atoms with Gasteiger partial charge in [-0.15, -0.1) is 0 Å². The van der Waals surface area contributed by atoms with Crippen molar-refractivity contribution in [2.24, 2.45) is 0 Å². The molecule has 1 atom stereocenters. The van der Waals surface area contributed by atoms with Gasteiger partial charge >= 0.3 is 0 Å². The Balaban J connectivity index is 2.06. The van der Waals surface area contributed by atoms with Crippen molar-refractivity contribution in [2.45, 2.75) is 39.0 Å².